The average Bonchev–Trinajstić information content (AvgIpc) is 2.56. The number of rotatable bonds is 2. The Balaban J connectivity index is 1.99. The van der Waals surface area contributed by atoms with Crippen molar-refractivity contribution in [1.29, 1.82) is 0 Å². The molecule has 1 aliphatic heterocycles. The van der Waals surface area contributed by atoms with Gasteiger partial charge >= 0.3 is 0 Å². The van der Waals surface area contributed by atoms with Crippen LogP contribution in [0.1, 0.15) is 12.5 Å². The Morgan fingerprint density at radius 1 is 1.71 bits per heavy atom. The summed E-state index contributed by atoms with van der Waals surface area (Å²) >= 11 is 5.36. The van der Waals surface area contributed by atoms with Crippen molar-refractivity contribution in [3.05, 3.63) is 20.8 Å². The molecule has 0 spiro atoms. The van der Waals surface area contributed by atoms with Crippen LogP contribution in [0.4, 0.5) is 0 Å². The SMILES string of the molecule is CC1CNCCN1Cc1ccsc1Br. The number of hydrogen-bond acceptors (Lipinski definition) is 3. The highest BCUT2D eigenvalue weighted by molar-refractivity contribution is 9.11. The summed E-state index contributed by atoms with van der Waals surface area (Å²) in [6.07, 6.45) is 0. The van der Waals surface area contributed by atoms with E-state index in [0.717, 1.165) is 26.2 Å². The lowest BCUT2D eigenvalue weighted by atomic mass is 10.2. The lowest BCUT2D eigenvalue weighted by Gasteiger charge is -2.33. The molecular formula is C10H15BrN2S. The third-order valence-electron chi connectivity index (χ3n) is 2.71. The van der Waals surface area contributed by atoms with E-state index in [2.05, 4.69) is 44.5 Å². The topological polar surface area (TPSA) is 15.3 Å². The van der Waals surface area contributed by atoms with E-state index in [1.807, 2.05) is 0 Å². The fourth-order valence-corrected chi connectivity index (χ4v) is 2.99. The van der Waals surface area contributed by atoms with Gasteiger partial charge in [-0.1, -0.05) is 0 Å². The summed E-state index contributed by atoms with van der Waals surface area (Å²) in [5.41, 5.74) is 1.42. The molecule has 0 aliphatic carbocycles. The number of piperazine rings is 1. The highest BCUT2D eigenvalue weighted by atomic mass is 79.9. The van der Waals surface area contributed by atoms with Crippen LogP contribution in [0.25, 0.3) is 0 Å². The largest absolute Gasteiger partial charge is 0.314 e. The van der Waals surface area contributed by atoms with Crippen molar-refractivity contribution < 1.29 is 0 Å². The minimum Gasteiger partial charge on any atom is -0.314 e. The molecule has 2 heterocycles. The molecule has 0 saturated carbocycles. The van der Waals surface area contributed by atoms with Crippen LogP contribution in [0.15, 0.2) is 15.2 Å². The minimum atomic E-state index is 0.649. The average molecular weight is 275 g/mol. The maximum atomic E-state index is 3.59. The van der Waals surface area contributed by atoms with Gasteiger partial charge in [0.05, 0.1) is 3.79 Å². The van der Waals surface area contributed by atoms with Gasteiger partial charge in [-0.2, -0.15) is 0 Å². The third kappa shape index (κ3) is 2.37. The van der Waals surface area contributed by atoms with Crippen molar-refractivity contribution in [2.75, 3.05) is 19.6 Å². The lowest BCUT2D eigenvalue weighted by Crippen LogP contribution is -2.49. The van der Waals surface area contributed by atoms with E-state index < -0.39 is 0 Å². The number of thiophene rings is 1. The lowest BCUT2D eigenvalue weighted by molar-refractivity contribution is 0.165. The van der Waals surface area contributed by atoms with E-state index in [0.29, 0.717) is 6.04 Å². The number of nitrogens with zero attached hydrogens (tertiary/aromatic N) is 1. The van der Waals surface area contributed by atoms with Crippen molar-refractivity contribution in [1.82, 2.24) is 10.2 Å². The maximum absolute atomic E-state index is 3.59. The van der Waals surface area contributed by atoms with E-state index in [1.54, 1.807) is 11.3 Å². The second kappa shape index (κ2) is 4.75. The zero-order valence-corrected chi connectivity index (χ0v) is 10.7. The smallest absolute Gasteiger partial charge is 0.0743 e. The standard InChI is InChI=1S/C10H15BrN2S/c1-8-6-12-3-4-13(8)7-9-2-5-14-10(9)11/h2,5,8,12H,3-4,6-7H2,1H3. The van der Waals surface area contributed by atoms with Gasteiger partial charge in [0.1, 0.15) is 0 Å². The van der Waals surface area contributed by atoms with E-state index >= 15 is 0 Å². The summed E-state index contributed by atoms with van der Waals surface area (Å²) in [5.74, 6) is 0. The molecule has 1 saturated heterocycles. The van der Waals surface area contributed by atoms with Gasteiger partial charge in [-0.25, -0.2) is 0 Å². The zero-order chi connectivity index (χ0) is 9.97. The van der Waals surface area contributed by atoms with Gasteiger partial charge < -0.3 is 5.32 Å². The Morgan fingerprint density at radius 3 is 3.21 bits per heavy atom. The maximum Gasteiger partial charge on any atom is 0.0743 e. The monoisotopic (exact) mass is 274 g/mol. The summed E-state index contributed by atoms with van der Waals surface area (Å²) in [6, 6.07) is 2.86. The molecule has 0 aromatic carbocycles. The first-order chi connectivity index (χ1) is 6.77. The van der Waals surface area contributed by atoms with Crippen LogP contribution >= 0.6 is 27.3 Å². The Kier molecular flexibility index (Phi) is 3.60. The summed E-state index contributed by atoms with van der Waals surface area (Å²) in [6.45, 7) is 6.75. The molecule has 0 radical (unpaired) electrons. The molecule has 1 aromatic heterocycles. The van der Waals surface area contributed by atoms with Crippen LogP contribution < -0.4 is 5.32 Å². The molecule has 4 heteroatoms. The van der Waals surface area contributed by atoms with Gasteiger partial charge in [0, 0.05) is 32.2 Å². The van der Waals surface area contributed by atoms with Crippen molar-refractivity contribution >= 4 is 27.3 Å². The Labute approximate surface area is 97.4 Å². The Bertz CT molecular complexity index is 300. The fraction of sp³-hybridized carbons (Fsp3) is 0.600. The van der Waals surface area contributed by atoms with Crippen molar-refractivity contribution in [3.8, 4) is 0 Å². The van der Waals surface area contributed by atoms with Gasteiger partial charge in [-0.05, 0) is 39.9 Å². The first kappa shape index (κ1) is 10.6. The predicted octanol–water partition coefficient (Wildman–Crippen LogP) is 2.30. The second-order valence-electron chi connectivity index (χ2n) is 3.74. The van der Waals surface area contributed by atoms with Gasteiger partial charge in [0.25, 0.3) is 0 Å². The van der Waals surface area contributed by atoms with Gasteiger partial charge in [-0.15, -0.1) is 11.3 Å². The summed E-state index contributed by atoms with van der Waals surface area (Å²) in [4.78, 5) is 2.53. The molecular weight excluding hydrogens is 260 g/mol. The quantitative estimate of drug-likeness (QED) is 0.891. The van der Waals surface area contributed by atoms with E-state index in [9.17, 15) is 0 Å². The predicted molar refractivity (Wildman–Crippen MR) is 64.8 cm³/mol. The minimum absolute atomic E-state index is 0.649. The molecule has 2 rings (SSSR count). The highest BCUT2D eigenvalue weighted by Crippen LogP contribution is 2.25. The number of nitrogens with one attached hydrogen (secondary N) is 1. The third-order valence-corrected chi connectivity index (χ3v) is 4.52. The van der Waals surface area contributed by atoms with Crippen molar-refractivity contribution in [3.63, 3.8) is 0 Å². The highest BCUT2D eigenvalue weighted by Gasteiger charge is 2.18. The molecule has 0 amide bonds. The van der Waals surface area contributed by atoms with Crippen LogP contribution in [-0.2, 0) is 6.54 Å². The first-order valence-corrected chi connectivity index (χ1v) is 6.61. The molecule has 1 aromatic rings. The molecule has 1 fully saturated rings. The Morgan fingerprint density at radius 2 is 2.57 bits per heavy atom. The second-order valence-corrected chi connectivity index (χ2v) is 5.98. The van der Waals surface area contributed by atoms with Crippen LogP contribution in [-0.4, -0.2) is 30.6 Å². The van der Waals surface area contributed by atoms with E-state index in [1.165, 1.54) is 9.35 Å². The van der Waals surface area contributed by atoms with Gasteiger partial charge in [0.15, 0.2) is 0 Å². The molecule has 1 N–H and O–H groups in total. The molecule has 1 atom stereocenters. The molecule has 78 valence electrons. The summed E-state index contributed by atoms with van der Waals surface area (Å²) < 4.78 is 1.28. The summed E-state index contributed by atoms with van der Waals surface area (Å²) in [5, 5.41) is 5.55. The van der Waals surface area contributed by atoms with Gasteiger partial charge in [0.2, 0.25) is 0 Å². The molecule has 1 aliphatic rings. The molecule has 14 heavy (non-hydrogen) atoms. The molecule has 1 unspecified atom stereocenters. The van der Waals surface area contributed by atoms with Crippen LogP contribution in [0.5, 0.6) is 0 Å². The normalized spacial score (nSPS) is 24.0. The van der Waals surface area contributed by atoms with E-state index in [-0.39, 0.29) is 0 Å². The Hall–Kier alpha value is 0.100. The van der Waals surface area contributed by atoms with Crippen LogP contribution in [0.2, 0.25) is 0 Å². The van der Waals surface area contributed by atoms with Crippen LogP contribution in [0.3, 0.4) is 0 Å². The molecule has 2 nitrogen and oxygen atoms in total. The first-order valence-electron chi connectivity index (χ1n) is 4.94. The number of hydrogen-bond donors (Lipinski definition) is 1. The van der Waals surface area contributed by atoms with Crippen molar-refractivity contribution in [2.24, 2.45) is 0 Å². The zero-order valence-electron chi connectivity index (χ0n) is 8.29. The molecule has 0 bridgehead atoms. The van der Waals surface area contributed by atoms with Gasteiger partial charge in [-0.3, -0.25) is 4.90 Å². The van der Waals surface area contributed by atoms with E-state index in [4.69, 9.17) is 0 Å². The fourth-order valence-electron chi connectivity index (χ4n) is 1.77. The summed E-state index contributed by atoms with van der Waals surface area (Å²) in [7, 11) is 0. The van der Waals surface area contributed by atoms with Crippen molar-refractivity contribution in [2.45, 2.75) is 19.5 Å². The number of halogens is 1. The van der Waals surface area contributed by atoms with Crippen LogP contribution in [0, 0.1) is 0 Å².